The summed E-state index contributed by atoms with van der Waals surface area (Å²) in [7, 11) is 4.09. The first kappa shape index (κ1) is 12.7. The predicted molar refractivity (Wildman–Crippen MR) is 77.8 cm³/mol. The molecule has 0 unspecified atom stereocenters. The molecule has 3 nitrogen and oxygen atoms in total. The van der Waals surface area contributed by atoms with Crippen LogP contribution in [0.15, 0.2) is 17.3 Å². The molecule has 3 rings (SSSR count). The maximum Gasteiger partial charge on any atom is 0.129 e. The Morgan fingerprint density at radius 3 is 2.63 bits per heavy atom. The molecule has 102 valence electrons. The fourth-order valence-electron chi connectivity index (χ4n) is 2.98. The fourth-order valence-corrected chi connectivity index (χ4v) is 2.98. The van der Waals surface area contributed by atoms with Gasteiger partial charge in [0.2, 0.25) is 0 Å². The number of hydrogen-bond donors (Lipinski definition) is 0. The van der Waals surface area contributed by atoms with Crippen LogP contribution < -0.4 is 0 Å². The van der Waals surface area contributed by atoms with Crippen molar-refractivity contribution in [1.82, 2.24) is 4.90 Å². The van der Waals surface area contributed by atoms with E-state index in [1.165, 1.54) is 36.0 Å². The highest BCUT2D eigenvalue weighted by Gasteiger charge is 2.22. The van der Waals surface area contributed by atoms with Gasteiger partial charge in [-0.05, 0) is 69.0 Å². The number of aryl methyl sites for hydroxylation is 3. The Bertz CT molecular complexity index is 506. The first-order valence-corrected chi connectivity index (χ1v) is 7.22. The van der Waals surface area contributed by atoms with Crippen LogP contribution >= 0.6 is 0 Å². The molecule has 0 N–H and O–H groups in total. The van der Waals surface area contributed by atoms with Crippen molar-refractivity contribution in [2.45, 2.75) is 32.1 Å². The first-order valence-electron chi connectivity index (χ1n) is 7.22. The first-order chi connectivity index (χ1) is 9.24. The summed E-state index contributed by atoms with van der Waals surface area (Å²) in [5.74, 6) is 0. The summed E-state index contributed by atoms with van der Waals surface area (Å²) in [4.78, 5) is 7.56. The fraction of sp³-hybridized carbons (Fsp3) is 0.562. The third kappa shape index (κ3) is 2.66. The van der Waals surface area contributed by atoms with Crippen LogP contribution in [0.2, 0.25) is 0 Å². The van der Waals surface area contributed by atoms with Crippen molar-refractivity contribution in [2.24, 2.45) is 5.16 Å². The third-order valence-electron chi connectivity index (χ3n) is 4.06. The molecule has 0 saturated carbocycles. The van der Waals surface area contributed by atoms with Crippen LogP contribution in [0.4, 0.5) is 0 Å². The number of benzene rings is 1. The molecule has 1 aromatic rings. The van der Waals surface area contributed by atoms with Gasteiger partial charge in [-0.2, -0.15) is 0 Å². The van der Waals surface area contributed by atoms with Gasteiger partial charge in [-0.15, -0.1) is 0 Å². The summed E-state index contributed by atoms with van der Waals surface area (Å²) in [6, 6.07) is 4.76. The zero-order valence-corrected chi connectivity index (χ0v) is 11.9. The predicted octanol–water partition coefficient (Wildman–Crippen LogP) is 2.40. The molecule has 1 aromatic carbocycles. The second-order valence-electron chi connectivity index (χ2n) is 5.81. The Balaban J connectivity index is 1.73. The maximum absolute atomic E-state index is 5.45. The van der Waals surface area contributed by atoms with Crippen molar-refractivity contribution >= 4 is 5.71 Å². The Morgan fingerprint density at radius 1 is 1.05 bits per heavy atom. The molecular formula is C16H22N2O. The van der Waals surface area contributed by atoms with Crippen LogP contribution in [0.5, 0.6) is 0 Å². The molecule has 2 aliphatic rings. The van der Waals surface area contributed by atoms with Gasteiger partial charge in [0.15, 0.2) is 0 Å². The van der Waals surface area contributed by atoms with Crippen molar-refractivity contribution in [3.05, 3.63) is 34.4 Å². The molecule has 2 aliphatic carbocycles. The van der Waals surface area contributed by atoms with Crippen LogP contribution in [-0.2, 0) is 24.1 Å². The average molecular weight is 258 g/mol. The number of fused-ring (bicyclic) bond motifs is 2. The van der Waals surface area contributed by atoms with E-state index in [9.17, 15) is 0 Å². The molecule has 0 spiro atoms. The molecule has 0 amide bonds. The van der Waals surface area contributed by atoms with E-state index < -0.39 is 0 Å². The molecule has 3 heteroatoms. The van der Waals surface area contributed by atoms with Gasteiger partial charge in [-0.3, -0.25) is 0 Å². The van der Waals surface area contributed by atoms with E-state index in [0.29, 0.717) is 6.61 Å². The zero-order valence-electron chi connectivity index (χ0n) is 11.9. The smallest absolute Gasteiger partial charge is 0.129 e. The topological polar surface area (TPSA) is 24.8 Å². The highest BCUT2D eigenvalue weighted by Crippen LogP contribution is 2.30. The van der Waals surface area contributed by atoms with Gasteiger partial charge in [-0.25, -0.2) is 0 Å². The number of nitrogens with zero attached hydrogens (tertiary/aromatic N) is 2. The number of likely N-dealkylation sites (N-methyl/N-ethyl adjacent to an activating group) is 1. The van der Waals surface area contributed by atoms with Gasteiger partial charge in [0.05, 0.1) is 5.71 Å². The molecule has 0 saturated heterocycles. The van der Waals surface area contributed by atoms with Crippen LogP contribution in [0.3, 0.4) is 0 Å². The quantitative estimate of drug-likeness (QED) is 0.612. The largest absolute Gasteiger partial charge is 0.394 e. The number of hydrogen-bond acceptors (Lipinski definition) is 3. The Morgan fingerprint density at radius 2 is 1.84 bits per heavy atom. The van der Waals surface area contributed by atoms with Gasteiger partial charge < -0.3 is 9.74 Å². The molecule has 0 radical (unpaired) electrons. The SMILES string of the molecule is CN(C)CCO/N=C1/CCc2cc3c(cc21)CCC3. The monoisotopic (exact) mass is 258 g/mol. The average Bonchev–Trinajstić information content (AvgIpc) is 2.98. The third-order valence-corrected chi connectivity index (χ3v) is 4.06. The number of rotatable bonds is 4. The zero-order chi connectivity index (χ0) is 13.2. The summed E-state index contributed by atoms with van der Waals surface area (Å²) in [6.07, 6.45) is 5.95. The van der Waals surface area contributed by atoms with E-state index in [0.717, 1.165) is 25.1 Å². The van der Waals surface area contributed by atoms with Crippen molar-refractivity contribution < 1.29 is 4.84 Å². The highest BCUT2D eigenvalue weighted by molar-refractivity contribution is 6.04. The molecule has 19 heavy (non-hydrogen) atoms. The summed E-state index contributed by atoms with van der Waals surface area (Å²) >= 11 is 0. The van der Waals surface area contributed by atoms with Gasteiger partial charge in [0, 0.05) is 12.1 Å². The summed E-state index contributed by atoms with van der Waals surface area (Å²) in [5, 5.41) is 4.35. The summed E-state index contributed by atoms with van der Waals surface area (Å²) < 4.78 is 0. The van der Waals surface area contributed by atoms with Crippen molar-refractivity contribution in [3.63, 3.8) is 0 Å². The van der Waals surface area contributed by atoms with Crippen molar-refractivity contribution in [2.75, 3.05) is 27.2 Å². The Kier molecular flexibility index (Phi) is 3.56. The second kappa shape index (κ2) is 5.33. The van der Waals surface area contributed by atoms with E-state index in [1.807, 2.05) is 14.1 Å². The van der Waals surface area contributed by atoms with Crippen molar-refractivity contribution in [1.29, 1.82) is 0 Å². The minimum Gasteiger partial charge on any atom is -0.394 e. The van der Waals surface area contributed by atoms with Crippen LogP contribution in [0, 0.1) is 0 Å². The van der Waals surface area contributed by atoms with Gasteiger partial charge in [0.25, 0.3) is 0 Å². The molecule has 0 atom stereocenters. The van der Waals surface area contributed by atoms with E-state index in [4.69, 9.17) is 4.84 Å². The standard InChI is InChI=1S/C16H22N2O/c1-18(2)8-9-19-17-16-7-6-14-10-12-4-3-5-13(12)11-15(14)16/h10-11H,3-9H2,1-2H3/b17-16-. The normalized spacial score (nSPS) is 19.0. The van der Waals surface area contributed by atoms with E-state index in [1.54, 1.807) is 5.56 Å². The summed E-state index contributed by atoms with van der Waals surface area (Å²) in [6.45, 7) is 1.57. The molecule has 0 aliphatic heterocycles. The minimum atomic E-state index is 0.663. The molecule has 0 bridgehead atoms. The molecular weight excluding hydrogens is 236 g/mol. The highest BCUT2D eigenvalue weighted by atomic mass is 16.6. The van der Waals surface area contributed by atoms with Crippen LogP contribution in [0.1, 0.15) is 35.1 Å². The lowest BCUT2D eigenvalue weighted by Gasteiger charge is -2.08. The van der Waals surface area contributed by atoms with E-state index in [-0.39, 0.29) is 0 Å². The Hall–Kier alpha value is -1.35. The molecule has 0 aromatic heterocycles. The van der Waals surface area contributed by atoms with Gasteiger partial charge in [-0.1, -0.05) is 11.2 Å². The lowest BCUT2D eigenvalue weighted by molar-refractivity contribution is 0.126. The lowest BCUT2D eigenvalue weighted by Crippen LogP contribution is -2.17. The molecule has 0 heterocycles. The summed E-state index contributed by atoms with van der Waals surface area (Å²) in [5.41, 5.74) is 7.04. The lowest BCUT2D eigenvalue weighted by atomic mass is 10.0. The van der Waals surface area contributed by atoms with Crippen LogP contribution in [0.25, 0.3) is 0 Å². The van der Waals surface area contributed by atoms with Crippen molar-refractivity contribution in [3.8, 4) is 0 Å². The Labute approximate surface area is 115 Å². The van der Waals surface area contributed by atoms with Crippen LogP contribution in [-0.4, -0.2) is 37.9 Å². The number of oxime groups is 1. The maximum atomic E-state index is 5.45. The van der Waals surface area contributed by atoms with E-state index >= 15 is 0 Å². The minimum absolute atomic E-state index is 0.663. The second-order valence-corrected chi connectivity index (χ2v) is 5.81. The van der Waals surface area contributed by atoms with E-state index in [2.05, 4.69) is 22.2 Å². The van der Waals surface area contributed by atoms with Gasteiger partial charge in [0.1, 0.15) is 6.61 Å². The molecule has 0 fully saturated rings. The van der Waals surface area contributed by atoms with Gasteiger partial charge >= 0.3 is 0 Å².